The zero-order chi connectivity index (χ0) is 21.0. The van der Waals surface area contributed by atoms with E-state index < -0.39 is 27.8 Å². The zero-order valence-corrected chi connectivity index (χ0v) is 17.2. The Morgan fingerprint density at radius 1 is 1.21 bits per heavy atom. The number of benzene rings is 2. The smallest absolute Gasteiger partial charge is 0.263 e. The second-order valence-electron chi connectivity index (χ2n) is 7.06. The number of rotatable bonds is 7. The molecule has 0 radical (unpaired) electrons. The molecule has 6 nitrogen and oxygen atoms in total. The lowest BCUT2D eigenvalue weighted by Crippen LogP contribution is -2.46. The molecule has 29 heavy (non-hydrogen) atoms. The summed E-state index contributed by atoms with van der Waals surface area (Å²) in [5.41, 5.74) is 0.835. The van der Waals surface area contributed by atoms with Crippen LogP contribution in [-0.4, -0.2) is 50.0 Å². The van der Waals surface area contributed by atoms with E-state index >= 15 is 0 Å². The van der Waals surface area contributed by atoms with E-state index in [1.807, 2.05) is 12.1 Å². The van der Waals surface area contributed by atoms with Crippen LogP contribution in [0.1, 0.15) is 18.9 Å². The molecule has 1 amide bonds. The predicted molar refractivity (Wildman–Crippen MR) is 107 cm³/mol. The van der Waals surface area contributed by atoms with Gasteiger partial charge < -0.3 is 14.4 Å². The van der Waals surface area contributed by atoms with Crippen LogP contribution in [0.25, 0.3) is 0 Å². The number of nitrogens with zero attached hydrogens (tertiary/aromatic N) is 1. The number of methoxy groups -OCH3 is 1. The fraction of sp³-hybridized carbons (Fsp3) is 0.381. The Kier molecular flexibility index (Phi) is 6.42. The van der Waals surface area contributed by atoms with Crippen LogP contribution in [0, 0.1) is 5.82 Å². The van der Waals surface area contributed by atoms with Gasteiger partial charge in [0.15, 0.2) is 27.5 Å². The van der Waals surface area contributed by atoms with Gasteiger partial charge in [-0.3, -0.25) is 4.79 Å². The molecule has 0 saturated carbocycles. The molecule has 1 aliphatic rings. The number of sulfone groups is 1. The van der Waals surface area contributed by atoms with Crippen LogP contribution >= 0.6 is 0 Å². The molecule has 1 fully saturated rings. The number of halogens is 1. The van der Waals surface area contributed by atoms with Crippen LogP contribution in [0.15, 0.2) is 48.5 Å². The van der Waals surface area contributed by atoms with E-state index in [9.17, 15) is 17.6 Å². The third-order valence-corrected chi connectivity index (χ3v) is 6.68. The summed E-state index contributed by atoms with van der Waals surface area (Å²) in [6.45, 7) is 1.77. The standard InChI is InChI=1S/C21H24FNO5S/c1-15(28-20-6-4-3-5-19(20)22)21(24)23(17-11-12-29(25,26)14-17)13-16-7-9-18(27-2)10-8-16/h3-10,15,17H,11-14H2,1-2H3. The van der Waals surface area contributed by atoms with Crippen LogP contribution in [0.3, 0.4) is 0 Å². The Morgan fingerprint density at radius 3 is 2.48 bits per heavy atom. The Bertz CT molecular complexity index is 961. The van der Waals surface area contributed by atoms with E-state index in [1.165, 1.54) is 23.1 Å². The number of amides is 1. The Hall–Kier alpha value is -2.61. The lowest BCUT2D eigenvalue weighted by atomic mass is 10.1. The quantitative estimate of drug-likeness (QED) is 0.687. The molecular weight excluding hydrogens is 397 g/mol. The lowest BCUT2D eigenvalue weighted by molar-refractivity contribution is -0.140. The highest BCUT2D eigenvalue weighted by molar-refractivity contribution is 7.91. The molecule has 1 aliphatic heterocycles. The van der Waals surface area contributed by atoms with E-state index in [1.54, 1.807) is 32.2 Å². The molecule has 1 heterocycles. The monoisotopic (exact) mass is 421 g/mol. The average Bonchev–Trinajstić information content (AvgIpc) is 3.07. The van der Waals surface area contributed by atoms with Crippen LogP contribution in [0.2, 0.25) is 0 Å². The van der Waals surface area contributed by atoms with Crippen LogP contribution < -0.4 is 9.47 Å². The summed E-state index contributed by atoms with van der Waals surface area (Å²) >= 11 is 0. The van der Waals surface area contributed by atoms with Crippen molar-refractivity contribution in [1.29, 1.82) is 0 Å². The first-order valence-electron chi connectivity index (χ1n) is 9.34. The summed E-state index contributed by atoms with van der Waals surface area (Å²) in [5.74, 6) is -0.305. The van der Waals surface area contributed by atoms with Gasteiger partial charge >= 0.3 is 0 Å². The van der Waals surface area contributed by atoms with E-state index in [0.29, 0.717) is 12.2 Å². The fourth-order valence-corrected chi connectivity index (χ4v) is 5.08. The summed E-state index contributed by atoms with van der Waals surface area (Å²) in [5, 5.41) is 0. The molecule has 2 aromatic carbocycles. The molecule has 156 valence electrons. The molecule has 0 N–H and O–H groups in total. The van der Waals surface area contributed by atoms with Crippen molar-refractivity contribution in [3.8, 4) is 11.5 Å². The highest BCUT2D eigenvalue weighted by Crippen LogP contribution is 2.24. The molecule has 0 aliphatic carbocycles. The molecule has 8 heteroatoms. The van der Waals surface area contributed by atoms with Gasteiger partial charge in [-0.25, -0.2) is 12.8 Å². The molecular formula is C21H24FNO5S. The van der Waals surface area contributed by atoms with Gasteiger partial charge in [0.25, 0.3) is 5.91 Å². The van der Waals surface area contributed by atoms with Crippen molar-refractivity contribution in [3.05, 3.63) is 59.9 Å². The van der Waals surface area contributed by atoms with E-state index in [4.69, 9.17) is 9.47 Å². The summed E-state index contributed by atoms with van der Waals surface area (Å²) in [4.78, 5) is 14.7. The van der Waals surface area contributed by atoms with Gasteiger partial charge in [-0.15, -0.1) is 0 Å². The van der Waals surface area contributed by atoms with Crippen molar-refractivity contribution in [3.63, 3.8) is 0 Å². The van der Waals surface area contributed by atoms with Gasteiger partial charge in [0, 0.05) is 12.6 Å². The Labute approximate surface area is 170 Å². The number of ether oxygens (including phenoxy) is 2. The first kappa shape index (κ1) is 21.1. The Morgan fingerprint density at radius 2 is 1.90 bits per heavy atom. The summed E-state index contributed by atoms with van der Waals surface area (Å²) in [6.07, 6.45) is -0.593. The number of carbonyl (C=O) groups excluding carboxylic acids is 1. The molecule has 1 saturated heterocycles. The van der Waals surface area contributed by atoms with E-state index in [0.717, 1.165) is 5.56 Å². The largest absolute Gasteiger partial charge is 0.497 e. The average molecular weight is 421 g/mol. The van der Waals surface area contributed by atoms with Gasteiger partial charge in [-0.2, -0.15) is 0 Å². The molecule has 2 atom stereocenters. The minimum Gasteiger partial charge on any atom is -0.497 e. The maximum absolute atomic E-state index is 13.9. The summed E-state index contributed by atoms with van der Waals surface area (Å²) in [6, 6.07) is 12.6. The normalized spacial score (nSPS) is 18.8. The number of hydrogen-bond acceptors (Lipinski definition) is 5. The fourth-order valence-electron chi connectivity index (χ4n) is 3.35. The maximum atomic E-state index is 13.9. The van der Waals surface area contributed by atoms with Crippen molar-refractivity contribution >= 4 is 15.7 Å². The third-order valence-electron chi connectivity index (χ3n) is 4.93. The summed E-state index contributed by atoms with van der Waals surface area (Å²) in [7, 11) is -1.62. The van der Waals surface area contributed by atoms with Gasteiger partial charge in [-0.1, -0.05) is 24.3 Å². The topological polar surface area (TPSA) is 72.9 Å². The molecule has 2 unspecified atom stereocenters. The minimum absolute atomic E-state index is 0.0169. The maximum Gasteiger partial charge on any atom is 0.263 e. The SMILES string of the molecule is COc1ccc(CN(C(=O)C(C)Oc2ccccc2F)C2CCS(=O)(=O)C2)cc1. The first-order valence-corrected chi connectivity index (χ1v) is 11.2. The van der Waals surface area contributed by atoms with Crippen molar-refractivity contribution in [1.82, 2.24) is 4.90 Å². The van der Waals surface area contributed by atoms with Crippen LogP contribution in [0.5, 0.6) is 11.5 Å². The Balaban J connectivity index is 1.81. The number of para-hydroxylation sites is 1. The predicted octanol–water partition coefficient (Wildman–Crippen LogP) is 2.82. The molecule has 0 bridgehead atoms. The van der Waals surface area contributed by atoms with Crippen molar-refractivity contribution < 1.29 is 27.1 Å². The van der Waals surface area contributed by atoms with Gasteiger partial charge in [-0.05, 0) is 43.2 Å². The van der Waals surface area contributed by atoms with Crippen molar-refractivity contribution in [2.24, 2.45) is 0 Å². The van der Waals surface area contributed by atoms with Crippen molar-refractivity contribution in [2.45, 2.75) is 32.0 Å². The minimum atomic E-state index is -3.18. The first-order chi connectivity index (χ1) is 13.8. The molecule has 0 aromatic heterocycles. The van der Waals surface area contributed by atoms with Crippen molar-refractivity contribution in [2.75, 3.05) is 18.6 Å². The third kappa shape index (κ3) is 5.26. The van der Waals surface area contributed by atoms with Crippen LogP contribution in [-0.2, 0) is 21.2 Å². The van der Waals surface area contributed by atoms with Gasteiger partial charge in [0.05, 0.1) is 18.6 Å². The lowest BCUT2D eigenvalue weighted by Gasteiger charge is -2.31. The highest BCUT2D eigenvalue weighted by atomic mass is 32.2. The molecule has 0 spiro atoms. The highest BCUT2D eigenvalue weighted by Gasteiger charge is 2.36. The summed E-state index contributed by atoms with van der Waals surface area (Å²) < 4.78 is 48.5. The number of hydrogen-bond donors (Lipinski definition) is 0. The van der Waals surface area contributed by atoms with Gasteiger partial charge in [0.1, 0.15) is 5.75 Å². The molecule has 2 aromatic rings. The van der Waals surface area contributed by atoms with E-state index in [-0.39, 0.29) is 29.7 Å². The van der Waals surface area contributed by atoms with Gasteiger partial charge in [0.2, 0.25) is 0 Å². The molecule has 3 rings (SSSR count). The zero-order valence-electron chi connectivity index (χ0n) is 16.4. The second-order valence-corrected chi connectivity index (χ2v) is 9.29. The van der Waals surface area contributed by atoms with E-state index in [2.05, 4.69) is 0 Å². The second kappa shape index (κ2) is 8.82. The van der Waals surface area contributed by atoms with Crippen LogP contribution in [0.4, 0.5) is 4.39 Å². The number of carbonyl (C=O) groups is 1.